The highest BCUT2D eigenvalue weighted by atomic mass is 36.0. The summed E-state index contributed by atoms with van der Waals surface area (Å²) < 4.78 is 13.7. The van der Waals surface area contributed by atoms with Gasteiger partial charge in [0.05, 0.1) is 7.11 Å². The SMILES string of the molecule is CO.COC(=O)c1cc2cc(C)ccc2[nH]1.Cc1ccc2[nH]c(C(=O)O)cc2c1.O=S(Cl)Cl. The van der Waals surface area contributed by atoms with Gasteiger partial charge >= 0.3 is 11.9 Å². The van der Waals surface area contributed by atoms with Crippen LogP contribution in [0.1, 0.15) is 32.1 Å². The topological polar surface area (TPSA) is 132 Å². The van der Waals surface area contributed by atoms with Crippen LogP contribution in [0.25, 0.3) is 21.8 Å². The first kappa shape index (κ1) is 28.2. The van der Waals surface area contributed by atoms with Crippen LogP contribution < -0.4 is 0 Å². The van der Waals surface area contributed by atoms with Crippen LogP contribution in [0.4, 0.5) is 0 Å². The fourth-order valence-electron chi connectivity index (χ4n) is 2.84. The van der Waals surface area contributed by atoms with Crippen molar-refractivity contribution in [3.8, 4) is 0 Å². The fraction of sp³-hybridized carbons (Fsp3) is 0.182. The van der Waals surface area contributed by atoms with Crippen molar-refractivity contribution in [2.24, 2.45) is 0 Å². The molecule has 0 atom stereocenters. The van der Waals surface area contributed by atoms with Crippen LogP contribution in [-0.2, 0) is 14.0 Å². The molecular formula is C22H24Cl2N2O6S. The number of esters is 1. The third-order valence-corrected chi connectivity index (χ3v) is 4.19. The zero-order valence-electron chi connectivity index (χ0n) is 18.3. The largest absolute Gasteiger partial charge is 0.477 e. The van der Waals surface area contributed by atoms with Crippen molar-refractivity contribution in [1.82, 2.24) is 9.97 Å². The van der Waals surface area contributed by atoms with E-state index < -0.39 is 15.2 Å². The van der Waals surface area contributed by atoms with Crippen molar-refractivity contribution in [2.75, 3.05) is 14.2 Å². The van der Waals surface area contributed by atoms with Crippen LogP contribution in [0.15, 0.2) is 48.5 Å². The summed E-state index contributed by atoms with van der Waals surface area (Å²) in [6, 6.07) is 15.2. The summed E-state index contributed by atoms with van der Waals surface area (Å²) in [4.78, 5) is 27.7. The van der Waals surface area contributed by atoms with E-state index in [4.69, 9.17) is 14.4 Å². The molecule has 0 bridgehead atoms. The van der Waals surface area contributed by atoms with Crippen LogP contribution in [0, 0.1) is 13.8 Å². The molecule has 2 aromatic carbocycles. The number of methoxy groups -OCH3 is 1. The number of H-pyrrole nitrogens is 2. The number of benzene rings is 2. The van der Waals surface area contributed by atoms with E-state index in [1.165, 1.54) is 12.7 Å². The van der Waals surface area contributed by atoms with Gasteiger partial charge in [-0.1, -0.05) is 23.3 Å². The first-order chi connectivity index (χ1) is 15.6. The van der Waals surface area contributed by atoms with Gasteiger partial charge in [0.1, 0.15) is 11.4 Å². The molecule has 11 heteroatoms. The van der Waals surface area contributed by atoms with Crippen molar-refractivity contribution in [3.05, 3.63) is 71.0 Å². The molecule has 0 aliphatic rings. The maximum absolute atomic E-state index is 11.2. The van der Waals surface area contributed by atoms with Crippen LogP contribution in [-0.4, -0.2) is 50.5 Å². The first-order valence-electron chi connectivity index (χ1n) is 9.30. The summed E-state index contributed by atoms with van der Waals surface area (Å²) in [5.74, 6) is -1.26. The monoisotopic (exact) mass is 514 g/mol. The molecule has 0 radical (unpaired) electrons. The molecule has 2 heterocycles. The van der Waals surface area contributed by atoms with Gasteiger partial charge in [-0.25, -0.2) is 13.8 Å². The maximum atomic E-state index is 11.2. The van der Waals surface area contributed by atoms with E-state index in [1.807, 2.05) is 50.2 Å². The maximum Gasteiger partial charge on any atom is 0.354 e. The summed E-state index contributed by atoms with van der Waals surface area (Å²) >= 11 is 0. The normalized spacial score (nSPS) is 9.82. The van der Waals surface area contributed by atoms with Gasteiger partial charge in [0, 0.05) is 50.3 Å². The first-order valence-corrected chi connectivity index (χ1v) is 12.1. The van der Waals surface area contributed by atoms with Gasteiger partial charge in [-0.15, -0.1) is 0 Å². The number of ether oxygens (including phenoxy) is 1. The Bertz CT molecular complexity index is 1250. The number of fused-ring (bicyclic) bond motifs is 2. The van der Waals surface area contributed by atoms with Gasteiger partial charge in [-0.05, 0) is 50.2 Å². The predicted octanol–water partition coefficient (Wildman–Crippen LogP) is 5.09. The molecule has 4 aromatic rings. The minimum atomic E-state index is -1.67. The number of aryl methyl sites for hydroxylation is 2. The molecule has 4 rings (SSSR count). The number of carbonyl (C=O) groups is 2. The van der Waals surface area contributed by atoms with E-state index in [0.29, 0.717) is 5.69 Å². The molecule has 0 unspecified atom stereocenters. The molecule has 0 aliphatic heterocycles. The molecular weight excluding hydrogens is 491 g/mol. The Hall–Kier alpha value is -2.85. The number of aliphatic hydroxyl groups excluding tert-OH is 1. The van der Waals surface area contributed by atoms with Crippen molar-refractivity contribution >= 4 is 64.3 Å². The average Bonchev–Trinajstić information content (AvgIpc) is 3.38. The summed E-state index contributed by atoms with van der Waals surface area (Å²) in [7, 11) is 9.73. The second-order valence-electron chi connectivity index (χ2n) is 6.53. The third-order valence-electron chi connectivity index (χ3n) is 4.19. The quantitative estimate of drug-likeness (QED) is 0.217. The number of carboxylic acid groups (broad SMARTS) is 1. The Balaban J connectivity index is 0.000000268. The number of aliphatic hydroxyl groups is 1. The van der Waals surface area contributed by atoms with E-state index in [9.17, 15) is 9.59 Å². The summed E-state index contributed by atoms with van der Waals surface area (Å²) in [6.45, 7) is 4.00. The Kier molecular flexibility index (Phi) is 11.7. The minimum Gasteiger partial charge on any atom is -0.477 e. The van der Waals surface area contributed by atoms with E-state index >= 15 is 0 Å². The molecule has 2 aromatic heterocycles. The number of halogens is 2. The van der Waals surface area contributed by atoms with E-state index in [2.05, 4.69) is 36.1 Å². The lowest BCUT2D eigenvalue weighted by Crippen LogP contribution is -2.00. The molecule has 178 valence electrons. The molecule has 0 saturated heterocycles. The van der Waals surface area contributed by atoms with E-state index in [-0.39, 0.29) is 11.7 Å². The van der Waals surface area contributed by atoms with E-state index in [0.717, 1.165) is 34.5 Å². The molecule has 4 N–H and O–H groups in total. The van der Waals surface area contributed by atoms with E-state index in [1.54, 1.807) is 12.1 Å². The van der Waals surface area contributed by atoms with Gasteiger partial charge in [-0.2, -0.15) is 0 Å². The Morgan fingerprint density at radius 3 is 1.64 bits per heavy atom. The highest BCUT2D eigenvalue weighted by molar-refractivity contribution is 8.26. The molecule has 0 spiro atoms. The molecule has 33 heavy (non-hydrogen) atoms. The van der Waals surface area contributed by atoms with Crippen LogP contribution in [0.3, 0.4) is 0 Å². The number of aromatic nitrogens is 2. The zero-order valence-corrected chi connectivity index (χ0v) is 20.6. The summed E-state index contributed by atoms with van der Waals surface area (Å²) in [5.41, 5.74) is 4.85. The van der Waals surface area contributed by atoms with Crippen LogP contribution in [0.2, 0.25) is 0 Å². The number of nitrogens with one attached hydrogen (secondary N) is 2. The lowest BCUT2D eigenvalue weighted by atomic mass is 10.2. The van der Waals surface area contributed by atoms with Gasteiger partial charge in [0.15, 0.2) is 0 Å². The Labute approximate surface area is 201 Å². The van der Waals surface area contributed by atoms with Crippen LogP contribution >= 0.6 is 21.4 Å². The standard InChI is InChI=1S/C11H11NO2.C10H9NO2.CH4O.Cl2OS/c1-7-3-4-9-8(5-7)6-10(12-9)11(13)14-2;1-6-2-3-8-7(4-6)5-9(11-8)10(12)13;1-2;1-4(2)3/h3-6,12H,1-2H3;2-5,11H,1H3,(H,12,13);2H,1H3;. The number of aromatic carboxylic acids is 1. The molecule has 0 aliphatic carbocycles. The Morgan fingerprint density at radius 2 is 1.24 bits per heavy atom. The predicted molar refractivity (Wildman–Crippen MR) is 132 cm³/mol. The second-order valence-corrected chi connectivity index (χ2v) is 9.05. The number of hydrogen-bond acceptors (Lipinski definition) is 5. The molecule has 0 amide bonds. The van der Waals surface area contributed by atoms with Gasteiger partial charge < -0.3 is 24.9 Å². The molecule has 8 nitrogen and oxygen atoms in total. The van der Waals surface area contributed by atoms with Crippen molar-refractivity contribution in [3.63, 3.8) is 0 Å². The molecule has 0 saturated carbocycles. The fourth-order valence-corrected chi connectivity index (χ4v) is 2.84. The molecule has 0 fully saturated rings. The summed E-state index contributed by atoms with van der Waals surface area (Å²) in [6.07, 6.45) is 0. The van der Waals surface area contributed by atoms with Gasteiger partial charge in [-0.3, -0.25) is 0 Å². The summed E-state index contributed by atoms with van der Waals surface area (Å²) in [5, 5.41) is 17.7. The smallest absolute Gasteiger partial charge is 0.354 e. The van der Waals surface area contributed by atoms with Crippen LogP contribution in [0.5, 0.6) is 0 Å². The Morgan fingerprint density at radius 1 is 0.848 bits per heavy atom. The third kappa shape index (κ3) is 8.89. The number of hydrogen-bond donors (Lipinski definition) is 4. The van der Waals surface area contributed by atoms with Crippen molar-refractivity contribution < 1.29 is 28.7 Å². The van der Waals surface area contributed by atoms with Gasteiger partial charge in [0.2, 0.25) is 9.23 Å². The average molecular weight is 515 g/mol. The van der Waals surface area contributed by atoms with Gasteiger partial charge in [0.25, 0.3) is 0 Å². The highest BCUT2D eigenvalue weighted by Crippen LogP contribution is 2.18. The second kappa shape index (κ2) is 13.6. The highest BCUT2D eigenvalue weighted by Gasteiger charge is 2.08. The zero-order chi connectivity index (χ0) is 25.1. The minimum absolute atomic E-state index is 0.237. The number of carbonyl (C=O) groups excluding carboxylic acids is 1. The van der Waals surface area contributed by atoms with Crippen molar-refractivity contribution in [2.45, 2.75) is 13.8 Å². The number of rotatable bonds is 2. The number of aromatic amines is 2. The lowest BCUT2D eigenvalue weighted by Gasteiger charge is -1.92. The number of carboxylic acids is 1. The lowest BCUT2D eigenvalue weighted by molar-refractivity contribution is 0.0594. The van der Waals surface area contributed by atoms with Crippen molar-refractivity contribution in [1.29, 1.82) is 0 Å².